The molecule has 0 saturated heterocycles. The number of hydrogen-bond acceptors (Lipinski definition) is 7. The minimum atomic E-state index is -1.44. The standard InChI is InChI=1S/C20H14Br2O7/c1-28-17(26)8-9(18(27)29-2)11-14(23)10(8)19-6-3-4-7(5-6)20(11,19)16(25)13(22)12(21)15(19)24/h3-4,6-7,10-11H,5H2,1-2H3/t6-,7+,10-,11+,19+,20-. The van der Waals surface area contributed by atoms with Gasteiger partial charge in [-0.3, -0.25) is 14.4 Å². The number of fused-ring (bicyclic) bond motifs is 4. The predicted octanol–water partition coefficient (Wildman–Crippen LogP) is 1.79. The topological polar surface area (TPSA) is 104 Å². The molecule has 5 aliphatic carbocycles. The van der Waals surface area contributed by atoms with Crippen molar-refractivity contribution >= 4 is 61.1 Å². The molecule has 5 aliphatic rings. The Balaban J connectivity index is 1.92. The van der Waals surface area contributed by atoms with Gasteiger partial charge in [0.25, 0.3) is 0 Å². The molecule has 5 rings (SSSR count). The van der Waals surface area contributed by atoms with Crippen LogP contribution in [-0.4, -0.2) is 43.5 Å². The van der Waals surface area contributed by atoms with E-state index in [1.54, 1.807) is 0 Å². The molecule has 29 heavy (non-hydrogen) atoms. The Morgan fingerprint density at radius 3 is 1.59 bits per heavy atom. The Bertz CT molecular complexity index is 989. The van der Waals surface area contributed by atoms with Gasteiger partial charge in [-0.15, -0.1) is 0 Å². The van der Waals surface area contributed by atoms with Crippen LogP contribution in [0.4, 0.5) is 0 Å². The van der Waals surface area contributed by atoms with Gasteiger partial charge in [0.15, 0.2) is 17.3 Å². The van der Waals surface area contributed by atoms with Gasteiger partial charge in [0.05, 0.1) is 57.0 Å². The highest BCUT2D eigenvalue weighted by atomic mass is 79.9. The summed E-state index contributed by atoms with van der Waals surface area (Å²) in [4.78, 5) is 66.4. The van der Waals surface area contributed by atoms with E-state index in [9.17, 15) is 24.0 Å². The molecule has 0 aromatic carbocycles. The zero-order valence-corrected chi connectivity index (χ0v) is 18.5. The third-order valence-electron chi connectivity index (χ3n) is 7.44. The summed E-state index contributed by atoms with van der Waals surface area (Å²) in [6, 6.07) is 0. The predicted molar refractivity (Wildman–Crippen MR) is 104 cm³/mol. The van der Waals surface area contributed by atoms with Crippen molar-refractivity contribution < 1.29 is 33.4 Å². The van der Waals surface area contributed by atoms with Gasteiger partial charge < -0.3 is 9.47 Å². The highest BCUT2D eigenvalue weighted by molar-refractivity contribution is 9.14. The summed E-state index contributed by atoms with van der Waals surface area (Å²) >= 11 is 6.44. The van der Waals surface area contributed by atoms with E-state index in [0.29, 0.717) is 6.42 Å². The van der Waals surface area contributed by atoms with Crippen LogP contribution in [0.3, 0.4) is 0 Å². The van der Waals surface area contributed by atoms with Gasteiger partial charge in [-0.2, -0.15) is 0 Å². The molecule has 9 heteroatoms. The summed E-state index contributed by atoms with van der Waals surface area (Å²) in [5, 5.41) is 0. The maximum Gasteiger partial charge on any atom is 0.335 e. The zero-order chi connectivity index (χ0) is 21.0. The lowest BCUT2D eigenvalue weighted by molar-refractivity contribution is -0.154. The van der Waals surface area contributed by atoms with Gasteiger partial charge in [0, 0.05) is 0 Å². The number of ether oxygens (including phenoxy) is 2. The van der Waals surface area contributed by atoms with E-state index >= 15 is 0 Å². The number of halogens is 2. The number of methoxy groups -OCH3 is 2. The van der Waals surface area contributed by atoms with Crippen LogP contribution >= 0.6 is 31.9 Å². The molecule has 7 nitrogen and oxygen atoms in total. The average molecular weight is 526 g/mol. The van der Waals surface area contributed by atoms with Crippen LogP contribution in [0.5, 0.6) is 0 Å². The van der Waals surface area contributed by atoms with Gasteiger partial charge in [-0.1, -0.05) is 12.2 Å². The minimum Gasteiger partial charge on any atom is -0.466 e. The Morgan fingerprint density at radius 1 is 0.862 bits per heavy atom. The van der Waals surface area contributed by atoms with Crippen molar-refractivity contribution in [3.8, 4) is 0 Å². The lowest BCUT2D eigenvalue weighted by Gasteiger charge is -2.53. The molecule has 0 amide bonds. The fraction of sp³-hybridized carbons (Fsp3) is 0.450. The molecule has 150 valence electrons. The quantitative estimate of drug-likeness (QED) is 0.400. The first-order valence-corrected chi connectivity index (χ1v) is 10.6. The Kier molecular flexibility index (Phi) is 3.71. The summed E-state index contributed by atoms with van der Waals surface area (Å²) < 4.78 is 9.85. The third kappa shape index (κ3) is 1.65. The first kappa shape index (κ1) is 19.1. The molecule has 0 aromatic rings. The number of esters is 2. The highest BCUT2D eigenvalue weighted by Gasteiger charge is 2.88. The van der Waals surface area contributed by atoms with Crippen LogP contribution in [0, 0.1) is 34.5 Å². The number of rotatable bonds is 2. The van der Waals surface area contributed by atoms with Gasteiger partial charge in [-0.05, 0) is 50.1 Å². The molecule has 0 aromatic heterocycles. The molecule has 0 unspecified atom stereocenters. The first-order valence-electron chi connectivity index (χ1n) is 9.00. The molecule has 6 atom stereocenters. The number of ketones is 3. The summed E-state index contributed by atoms with van der Waals surface area (Å²) in [5.74, 6) is -6.20. The van der Waals surface area contributed by atoms with Crippen molar-refractivity contribution in [1.29, 1.82) is 0 Å². The monoisotopic (exact) mass is 524 g/mol. The second-order valence-corrected chi connectivity index (χ2v) is 9.52. The van der Waals surface area contributed by atoms with Crippen LogP contribution in [-0.2, 0) is 33.4 Å². The number of allylic oxidation sites excluding steroid dienone is 4. The van der Waals surface area contributed by atoms with Gasteiger partial charge >= 0.3 is 11.9 Å². The number of Topliss-reactive ketones (excluding diaryl/α,β-unsaturated/α-hetero) is 3. The van der Waals surface area contributed by atoms with Crippen molar-refractivity contribution in [2.75, 3.05) is 14.2 Å². The summed E-state index contributed by atoms with van der Waals surface area (Å²) in [6.07, 6.45) is 4.21. The van der Waals surface area contributed by atoms with Crippen molar-refractivity contribution in [3.05, 3.63) is 32.3 Å². The third-order valence-corrected chi connectivity index (χ3v) is 9.48. The normalized spacial score (nSPS) is 41.3. The Hall–Kier alpha value is -1.87. The van der Waals surface area contributed by atoms with E-state index in [1.165, 1.54) is 0 Å². The SMILES string of the molecule is COC(=O)C1=C(C(=O)OC)[C@@H]2C(=O)[C@H]1[C@]13C(=O)C(Br)=C(Br)C(=O)[C@]21[C@@H]1C=C[C@H]3C1. The molecule has 0 radical (unpaired) electrons. The van der Waals surface area contributed by atoms with E-state index < -0.39 is 63.8 Å². The van der Waals surface area contributed by atoms with E-state index in [0.717, 1.165) is 14.2 Å². The summed E-state index contributed by atoms with van der Waals surface area (Å²) in [7, 11) is 2.29. The number of hydrogen-bond donors (Lipinski definition) is 0. The van der Waals surface area contributed by atoms with Gasteiger partial charge in [-0.25, -0.2) is 9.59 Å². The smallest absolute Gasteiger partial charge is 0.335 e. The van der Waals surface area contributed by atoms with Crippen molar-refractivity contribution in [2.45, 2.75) is 6.42 Å². The fourth-order valence-electron chi connectivity index (χ4n) is 6.77. The lowest BCUT2D eigenvalue weighted by Crippen LogP contribution is -2.62. The molecule has 0 N–H and O–H groups in total. The van der Waals surface area contributed by atoms with Gasteiger partial charge in [0.2, 0.25) is 0 Å². The Morgan fingerprint density at radius 2 is 1.24 bits per heavy atom. The molecule has 0 spiro atoms. The summed E-state index contributed by atoms with van der Waals surface area (Å²) in [5.41, 5.74) is -3.18. The number of carbonyl (C=O) groups excluding carboxylic acids is 5. The second-order valence-electron chi connectivity index (χ2n) is 7.94. The van der Waals surface area contributed by atoms with Crippen molar-refractivity contribution in [1.82, 2.24) is 0 Å². The molecule has 4 bridgehead atoms. The molecule has 2 fully saturated rings. The maximum atomic E-state index is 13.7. The number of carbonyl (C=O) groups is 5. The van der Waals surface area contributed by atoms with E-state index in [4.69, 9.17) is 9.47 Å². The van der Waals surface area contributed by atoms with Crippen molar-refractivity contribution in [3.63, 3.8) is 0 Å². The molecular weight excluding hydrogens is 512 g/mol. The fourth-order valence-corrected chi connectivity index (χ4v) is 7.79. The summed E-state index contributed by atoms with van der Waals surface area (Å²) in [6.45, 7) is 0. The van der Waals surface area contributed by atoms with Crippen molar-refractivity contribution in [2.24, 2.45) is 34.5 Å². The second kappa shape index (κ2) is 5.63. The van der Waals surface area contributed by atoms with E-state index in [2.05, 4.69) is 31.9 Å². The first-order chi connectivity index (χ1) is 13.7. The zero-order valence-electron chi connectivity index (χ0n) is 15.3. The molecular formula is C20H14Br2O7. The van der Waals surface area contributed by atoms with Crippen LogP contribution in [0.1, 0.15) is 6.42 Å². The lowest BCUT2D eigenvalue weighted by atomic mass is 9.46. The molecule has 2 saturated carbocycles. The molecule has 0 aliphatic heterocycles. The van der Waals surface area contributed by atoms with Crippen LogP contribution in [0.25, 0.3) is 0 Å². The largest absolute Gasteiger partial charge is 0.466 e. The highest BCUT2D eigenvalue weighted by Crippen LogP contribution is 2.81. The van der Waals surface area contributed by atoms with E-state index in [1.807, 2.05) is 12.2 Å². The maximum absolute atomic E-state index is 13.7. The van der Waals surface area contributed by atoms with Crippen LogP contribution in [0.15, 0.2) is 32.3 Å². The molecule has 0 heterocycles. The van der Waals surface area contributed by atoms with Gasteiger partial charge in [0.1, 0.15) is 0 Å². The Labute approximate surface area is 181 Å². The van der Waals surface area contributed by atoms with Crippen LogP contribution in [0.2, 0.25) is 0 Å². The van der Waals surface area contributed by atoms with Crippen LogP contribution < -0.4 is 0 Å². The van der Waals surface area contributed by atoms with E-state index in [-0.39, 0.29) is 20.1 Å². The average Bonchev–Trinajstić information content (AvgIpc) is 3.45. The minimum absolute atomic E-state index is 0.0586.